The van der Waals surface area contributed by atoms with Crippen molar-refractivity contribution in [2.24, 2.45) is 0 Å². The van der Waals surface area contributed by atoms with E-state index >= 15 is 0 Å². The van der Waals surface area contributed by atoms with Crippen molar-refractivity contribution in [2.75, 3.05) is 50.1 Å². The minimum atomic E-state index is -0.596. The molecule has 4 fully saturated rings. The summed E-state index contributed by atoms with van der Waals surface area (Å²) in [5, 5.41) is 9.36. The van der Waals surface area contributed by atoms with Crippen LogP contribution in [0.3, 0.4) is 0 Å². The van der Waals surface area contributed by atoms with Crippen LogP contribution < -0.4 is 31.1 Å². The van der Waals surface area contributed by atoms with Gasteiger partial charge in [-0.3, -0.25) is 34.2 Å². The number of hydrogen-bond acceptors (Lipinski definition) is 12. The van der Waals surface area contributed by atoms with E-state index in [2.05, 4.69) is 42.9 Å². The molecule has 4 amide bonds. The van der Waals surface area contributed by atoms with Crippen molar-refractivity contribution in [3.63, 3.8) is 0 Å². The molecule has 0 spiro atoms. The van der Waals surface area contributed by atoms with Crippen LogP contribution in [0.5, 0.6) is 5.75 Å². The molecule has 332 valence electrons. The molecule has 6 heterocycles. The van der Waals surface area contributed by atoms with Crippen molar-refractivity contribution in [3.05, 3.63) is 80.7 Å². The number of amides is 4. The van der Waals surface area contributed by atoms with Gasteiger partial charge >= 0.3 is 0 Å². The Hall–Kier alpha value is -5.58. The molecular weight excluding hydrogens is 826 g/mol. The van der Waals surface area contributed by atoms with Gasteiger partial charge in [0, 0.05) is 74.9 Å². The lowest BCUT2D eigenvalue weighted by Crippen LogP contribution is -2.58. The molecule has 2 aromatic heterocycles. The fourth-order valence-corrected chi connectivity index (χ4v) is 10.0. The number of ether oxygens (including phenoxy) is 2. The number of carbonyl (C=O) groups excluding carboxylic acids is 4. The third-order valence-corrected chi connectivity index (χ3v) is 13.6. The molecule has 2 aromatic carbocycles. The molecule has 1 saturated carbocycles. The molecule has 4 aliphatic heterocycles. The highest BCUT2D eigenvalue weighted by atomic mass is 35.5. The lowest BCUT2D eigenvalue weighted by Gasteiger charge is -2.47. The predicted molar refractivity (Wildman–Crippen MR) is 238 cm³/mol. The van der Waals surface area contributed by atoms with Gasteiger partial charge in [-0.25, -0.2) is 4.98 Å². The normalized spacial score (nSPS) is 22.3. The number of pyridine rings is 1. The quantitative estimate of drug-likeness (QED) is 0.162. The smallest absolute Gasteiger partial charge is 0.293 e. The first-order valence-electron chi connectivity index (χ1n) is 22.2. The molecule has 1 aliphatic carbocycles. The third-order valence-electron chi connectivity index (χ3n) is 13.4. The number of hydrogen-bond donors (Lipinski definition) is 3. The summed E-state index contributed by atoms with van der Waals surface area (Å²) in [5.74, 6) is 0.489. The molecule has 4 aromatic rings. The molecule has 3 saturated heterocycles. The van der Waals surface area contributed by atoms with Gasteiger partial charge in [0.15, 0.2) is 18.2 Å². The number of aromatic nitrogens is 3. The van der Waals surface area contributed by atoms with Gasteiger partial charge in [-0.1, -0.05) is 23.7 Å². The van der Waals surface area contributed by atoms with Gasteiger partial charge in [0.1, 0.15) is 11.1 Å². The summed E-state index contributed by atoms with van der Waals surface area (Å²) in [4.78, 5) is 78.1. The largest absolute Gasteiger partial charge is 0.478 e. The number of likely N-dealkylation sites (N-methyl/N-ethyl adjacent to an activating group) is 1. The Balaban J connectivity index is 0.739. The van der Waals surface area contributed by atoms with Gasteiger partial charge in [-0.05, 0) is 106 Å². The number of nitrogens with zero attached hydrogens (tertiary/aromatic N) is 6. The van der Waals surface area contributed by atoms with E-state index in [1.54, 1.807) is 21.7 Å². The number of anilines is 3. The Morgan fingerprint density at radius 1 is 0.952 bits per heavy atom. The van der Waals surface area contributed by atoms with Crippen molar-refractivity contribution in [1.82, 2.24) is 35.0 Å². The maximum absolute atomic E-state index is 13.2. The molecule has 3 N–H and O–H groups in total. The summed E-state index contributed by atoms with van der Waals surface area (Å²) in [6, 6.07) is 13.3. The van der Waals surface area contributed by atoms with Gasteiger partial charge < -0.3 is 34.5 Å². The summed E-state index contributed by atoms with van der Waals surface area (Å²) < 4.78 is 13.9. The highest BCUT2D eigenvalue weighted by Gasteiger charge is 2.40. The average Bonchev–Trinajstić information content (AvgIpc) is 3.59. The first-order valence-corrected chi connectivity index (χ1v) is 22.5. The summed E-state index contributed by atoms with van der Waals surface area (Å²) >= 11 is 6.60. The number of halogens is 1. The Morgan fingerprint density at radius 3 is 2.46 bits per heavy atom. The van der Waals surface area contributed by atoms with E-state index in [4.69, 9.17) is 26.1 Å². The molecule has 63 heavy (non-hydrogen) atoms. The number of imide groups is 1. The Kier molecular flexibility index (Phi) is 12.1. The zero-order chi connectivity index (χ0) is 43.9. The number of piperidine rings is 2. The van der Waals surface area contributed by atoms with E-state index in [1.807, 2.05) is 38.1 Å². The second kappa shape index (κ2) is 17.9. The van der Waals surface area contributed by atoms with Gasteiger partial charge in [0.25, 0.3) is 17.4 Å². The van der Waals surface area contributed by atoms with Crippen molar-refractivity contribution in [1.29, 1.82) is 0 Å². The van der Waals surface area contributed by atoms with E-state index < -0.39 is 6.04 Å². The first kappa shape index (κ1) is 42.7. The van der Waals surface area contributed by atoms with Crippen LogP contribution in [0.1, 0.15) is 98.7 Å². The van der Waals surface area contributed by atoms with E-state index in [9.17, 15) is 24.0 Å². The summed E-state index contributed by atoms with van der Waals surface area (Å²) in [6.07, 6.45) is 8.85. The Morgan fingerprint density at radius 2 is 1.73 bits per heavy atom. The van der Waals surface area contributed by atoms with E-state index in [-0.39, 0.29) is 66.2 Å². The molecule has 17 heteroatoms. The van der Waals surface area contributed by atoms with Crippen molar-refractivity contribution >= 4 is 63.6 Å². The summed E-state index contributed by atoms with van der Waals surface area (Å²) in [7, 11) is 1.52. The molecular formula is C46H54ClN9O7. The molecule has 1 atom stereocenters. The number of likely N-dealkylation sites (tertiary alicyclic amines) is 1. The minimum Gasteiger partial charge on any atom is -0.478 e. The molecule has 0 radical (unpaired) electrons. The molecule has 9 rings (SSSR count). The summed E-state index contributed by atoms with van der Waals surface area (Å²) in [5.41, 5.74) is 4.06. The monoisotopic (exact) mass is 879 g/mol. The second-order valence-electron chi connectivity index (χ2n) is 17.7. The topological polar surface area (TPSA) is 180 Å². The number of fused-ring (bicyclic) bond motifs is 2. The van der Waals surface area contributed by atoms with Crippen LogP contribution in [0, 0.1) is 0 Å². The number of nitrogens with one attached hydrogen (secondary N) is 3. The zero-order valence-corrected chi connectivity index (χ0v) is 36.7. The fraction of sp³-hybridized carbons (Fsp3) is 0.500. The van der Waals surface area contributed by atoms with Crippen molar-refractivity contribution in [3.8, 4) is 5.75 Å². The van der Waals surface area contributed by atoms with Gasteiger partial charge in [0.2, 0.25) is 17.8 Å². The number of rotatable bonds is 12. The maximum Gasteiger partial charge on any atom is 0.293 e. The SMILES string of the molecule is CNC(=O)COc1cc2cc(Nc3nc(N4CCC(OC5CN([C@H]6CC[C@H](c7ccc8c(c7)CN(C7CCC(=O)NC7=O)C8=O)CC6)C5)CC4)ncc3Cl)ccc2n(C(C)C)c1=O. The van der Waals surface area contributed by atoms with Gasteiger partial charge in [0.05, 0.1) is 23.9 Å². The zero-order valence-electron chi connectivity index (χ0n) is 35.9. The molecule has 1 unspecified atom stereocenters. The Labute approximate surface area is 370 Å². The molecule has 0 bridgehead atoms. The molecule has 5 aliphatic rings. The average molecular weight is 880 g/mol. The van der Waals surface area contributed by atoms with Crippen molar-refractivity contribution < 1.29 is 28.7 Å². The van der Waals surface area contributed by atoms with Gasteiger partial charge in [-0.2, -0.15) is 4.98 Å². The highest BCUT2D eigenvalue weighted by molar-refractivity contribution is 6.33. The lowest BCUT2D eigenvalue weighted by molar-refractivity contribution is -0.137. The van der Waals surface area contributed by atoms with E-state index in [0.29, 0.717) is 47.3 Å². The highest BCUT2D eigenvalue weighted by Crippen LogP contribution is 2.39. The molecule has 16 nitrogen and oxygen atoms in total. The van der Waals surface area contributed by atoms with Crippen LogP contribution in [0.15, 0.2) is 53.5 Å². The standard InChI is InChI=1S/C46H54ClN9O7/c1-26(2)56-37-11-7-31(19-29(37)20-39(45(56)61)62-25-41(58)48-3)50-42-36(47)21-49-46(52-42)53-16-14-33(15-17-53)63-34-23-54(24-34)32-8-4-27(5-9-32)28-6-10-35-30(18-28)22-55(44(35)60)38-12-13-40(57)51-43(38)59/h6-7,10-11,18-21,26-27,32-34,38H,4-5,8-9,12-17,22-25H2,1-3H3,(H,48,58)(H,49,50,52)(H,51,57,59)/t27-,32-,38?. The second-order valence-corrected chi connectivity index (χ2v) is 18.1. The number of carbonyl (C=O) groups is 4. The predicted octanol–water partition coefficient (Wildman–Crippen LogP) is 5.05. The van der Waals surface area contributed by atoms with Crippen LogP contribution in [0.25, 0.3) is 10.9 Å². The van der Waals surface area contributed by atoms with Crippen LogP contribution in [0.2, 0.25) is 5.02 Å². The van der Waals surface area contributed by atoms with Crippen LogP contribution in [0.4, 0.5) is 17.5 Å². The van der Waals surface area contributed by atoms with Crippen molar-refractivity contribution in [2.45, 2.75) is 108 Å². The fourth-order valence-electron chi connectivity index (χ4n) is 9.90. The van der Waals surface area contributed by atoms with Crippen LogP contribution >= 0.6 is 11.6 Å². The third kappa shape index (κ3) is 8.85. The minimum absolute atomic E-state index is 0.0952. The number of benzene rings is 2. The van der Waals surface area contributed by atoms with Gasteiger partial charge in [-0.15, -0.1) is 0 Å². The van der Waals surface area contributed by atoms with Crippen LogP contribution in [-0.4, -0.2) is 112 Å². The summed E-state index contributed by atoms with van der Waals surface area (Å²) in [6.45, 7) is 7.43. The lowest BCUT2D eigenvalue weighted by atomic mass is 9.80. The van der Waals surface area contributed by atoms with E-state index in [0.717, 1.165) is 86.9 Å². The van der Waals surface area contributed by atoms with E-state index in [1.165, 1.54) is 12.6 Å². The van der Waals surface area contributed by atoms with Crippen LogP contribution in [-0.2, 0) is 25.7 Å². The maximum atomic E-state index is 13.2. The first-order chi connectivity index (χ1) is 30.4. The Bertz CT molecular complexity index is 2490.